The molecule has 3 aromatic rings. The Hall–Kier alpha value is -3.03. The van der Waals surface area contributed by atoms with Gasteiger partial charge in [-0.25, -0.2) is 18.6 Å². The van der Waals surface area contributed by atoms with Crippen molar-refractivity contribution >= 4 is 17.1 Å². The molecule has 6 nitrogen and oxygen atoms in total. The first-order valence-corrected chi connectivity index (χ1v) is 6.55. The lowest BCUT2D eigenvalue weighted by atomic mass is 10.2. The van der Waals surface area contributed by atoms with Crippen molar-refractivity contribution in [2.75, 3.05) is 0 Å². The quantitative estimate of drug-likeness (QED) is 0.800. The minimum Gasteiger partial charge on any atom is -0.478 e. The van der Waals surface area contributed by atoms with Gasteiger partial charge >= 0.3 is 5.97 Å². The van der Waals surface area contributed by atoms with E-state index in [9.17, 15) is 23.5 Å². The van der Waals surface area contributed by atoms with Gasteiger partial charge in [0.2, 0.25) is 5.71 Å². The molecule has 3 rings (SSSR count). The standard InChI is InChI=1S/C15H10F2N2O4/c1-7-10(15(21)22)11-13(23-7)18-6-19(14(11)20)5-8-3-2-4-9(16)12(8)17/h2-4,6H,5H2,1H3,(H,21,22). The molecule has 0 spiro atoms. The van der Waals surface area contributed by atoms with E-state index in [0.29, 0.717) is 0 Å². The molecule has 8 heteroatoms. The van der Waals surface area contributed by atoms with E-state index >= 15 is 0 Å². The van der Waals surface area contributed by atoms with Gasteiger partial charge < -0.3 is 9.52 Å². The van der Waals surface area contributed by atoms with Gasteiger partial charge in [0.05, 0.1) is 6.54 Å². The average molecular weight is 320 g/mol. The van der Waals surface area contributed by atoms with E-state index in [2.05, 4.69) is 4.98 Å². The molecule has 23 heavy (non-hydrogen) atoms. The number of aromatic carboxylic acids is 1. The summed E-state index contributed by atoms with van der Waals surface area (Å²) in [6.07, 6.45) is 1.10. The fraction of sp³-hybridized carbons (Fsp3) is 0.133. The number of aryl methyl sites for hydroxylation is 1. The Labute approximate surface area is 127 Å². The molecule has 0 bridgehead atoms. The highest BCUT2D eigenvalue weighted by atomic mass is 19.2. The third-order valence-electron chi connectivity index (χ3n) is 3.44. The predicted octanol–water partition coefficient (Wildman–Crippen LogP) is 2.32. The van der Waals surface area contributed by atoms with Crippen LogP contribution in [0, 0.1) is 18.6 Å². The molecule has 2 heterocycles. The molecule has 0 aliphatic rings. The number of hydrogen-bond acceptors (Lipinski definition) is 4. The van der Waals surface area contributed by atoms with Crippen molar-refractivity contribution in [2.45, 2.75) is 13.5 Å². The zero-order chi connectivity index (χ0) is 16.7. The van der Waals surface area contributed by atoms with Gasteiger partial charge in [-0.15, -0.1) is 0 Å². The number of halogens is 2. The smallest absolute Gasteiger partial charge is 0.340 e. The highest BCUT2D eigenvalue weighted by Crippen LogP contribution is 2.21. The Morgan fingerprint density at radius 1 is 1.39 bits per heavy atom. The number of aromatic nitrogens is 2. The van der Waals surface area contributed by atoms with Crippen molar-refractivity contribution in [1.29, 1.82) is 0 Å². The van der Waals surface area contributed by atoms with Gasteiger partial charge in [-0.2, -0.15) is 0 Å². The van der Waals surface area contributed by atoms with Crippen molar-refractivity contribution in [3.8, 4) is 0 Å². The van der Waals surface area contributed by atoms with Crippen molar-refractivity contribution in [3.63, 3.8) is 0 Å². The van der Waals surface area contributed by atoms with Gasteiger partial charge in [0.25, 0.3) is 5.56 Å². The van der Waals surface area contributed by atoms with Gasteiger partial charge in [-0.3, -0.25) is 9.36 Å². The summed E-state index contributed by atoms with van der Waals surface area (Å²) >= 11 is 0. The molecule has 0 saturated carbocycles. The number of carboxylic acid groups (broad SMARTS) is 1. The molecule has 0 atom stereocenters. The zero-order valence-electron chi connectivity index (χ0n) is 11.8. The Kier molecular flexibility index (Phi) is 3.44. The van der Waals surface area contributed by atoms with Gasteiger partial charge in [-0.05, 0) is 13.0 Å². The maximum Gasteiger partial charge on any atom is 0.340 e. The SMILES string of the molecule is Cc1oc2ncn(Cc3cccc(F)c3F)c(=O)c2c1C(=O)O. The second-order valence-corrected chi connectivity index (χ2v) is 4.91. The average Bonchev–Trinajstić information content (AvgIpc) is 2.83. The van der Waals surface area contributed by atoms with Crippen molar-refractivity contribution in [1.82, 2.24) is 9.55 Å². The number of carboxylic acids is 1. The largest absolute Gasteiger partial charge is 0.478 e. The van der Waals surface area contributed by atoms with Crippen molar-refractivity contribution in [2.24, 2.45) is 0 Å². The molecule has 0 saturated heterocycles. The Bertz CT molecular complexity index is 991. The van der Waals surface area contributed by atoms with E-state index in [1.54, 1.807) is 0 Å². The maximum atomic E-state index is 13.7. The molecule has 1 aromatic carbocycles. The molecule has 2 aromatic heterocycles. The summed E-state index contributed by atoms with van der Waals surface area (Å²) in [7, 11) is 0. The summed E-state index contributed by atoms with van der Waals surface area (Å²) in [6, 6.07) is 3.61. The van der Waals surface area contributed by atoms with Crippen molar-refractivity contribution < 1.29 is 23.1 Å². The van der Waals surface area contributed by atoms with Crippen molar-refractivity contribution in [3.05, 3.63) is 63.4 Å². The molecule has 0 amide bonds. The summed E-state index contributed by atoms with van der Waals surface area (Å²) in [4.78, 5) is 27.6. The first-order valence-electron chi connectivity index (χ1n) is 6.55. The molecule has 0 aliphatic carbocycles. The first kappa shape index (κ1) is 14.9. The summed E-state index contributed by atoms with van der Waals surface area (Å²) in [6.45, 7) is 1.12. The van der Waals surface area contributed by atoms with E-state index in [0.717, 1.165) is 17.0 Å². The van der Waals surface area contributed by atoms with Gasteiger partial charge in [-0.1, -0.05) is 12.1 Å². The van der Waals surface area contributed by atoms with Crippen LogP contribution in [0.5, 0.6) is 0 Å². The van der Waals surface area contributed by atoms with Crippen LogP contribution in [-0.2, 0) is 6.54 Å². The first-order chi connectivity index (χ1) is 10.9. The van der Waals surface area contributed by atoms with Gasteiger partial charge in [0.1, 0.15) is 23.0 Å². The van der Waals surface area contributed by atoms with E-state index in [1.165, 1.54) is 19.1 Å². The van der Waals surface area contributed by atoms with E-state index in [1.807, 2.05) is 0 Å². The Morgan fingerprint density at radius 3 is 2.83 bits per heavy atom. The van der Waals surface area contributed by atoms with Crippen LogP contribution < -0.4 is 5.56 Å². The maximum absolute atomic E-state index is 13.7. The number of benzene rings is 1. The second-order valence-electron chi connectivity index (χ2n) is 4.91. The molecule has 0 aliphatic heterocycles. The number of hydrogen-bond donors (Lipinski definition) is 1. The number of nitrogens with zero attached hydrogens (tertiary/aromatic N) is 2. The highest BCUT2D eigenvalue weighted by Gasteiger charge is 2.22. The van der Waals surface area contributed by atoms with Gasteiger partial charge in [0.15, 0.2) is 11.6 Å². The normalized spacial score (nSPS) is 11.1. The molecule has 0 unspecified atom stereocenters. The molecule has 1 N–H and O–H groups in total. The zero-order valence-corrected chi connectivity index (χ0v) is 11.8. The number of fused-ring (bicyclic) bond motifs is 1. The monoisotopic (exact) mass is 320 g/mol. The lowest BCUT2D eigenvalue weighted by Crippen LogP contribution is -2.22. The van der Waals surface area contributed by atoms with Crippen LogP contribution in [0.2, 0.25) is 0 Å². The fourth-order valence-corrected chi connectivity index (χ4v) is 2.36. The number of rotatable bonds is 3. The Balaban J connectivity index is 2.18. The van der Waals surface area contributed by atoms with E-state index in [-0.39, 0.29) is 34.5 Å². The van der Waals surface area contributed by atoms with Crippen LogP contribution in [0.25, 0.3) is 11.1 Å². The predicted molar refractivity (Wildman–Crippen MR) is 75.4 cm³/mol. The third-order valence-corrected chi connectivity index (χ3v) is 3.44. The van der Waals surface area contributed by atoms with Crippen LogP contribution in [0.1, 0.15) is 21.7 Å². The minimum atomic E-state index is -1.32. The fourth-order valence-electron chi connectivity index (χ4n) is 2.36. The third kappa shape index (κ3) is 2.37. The minimum absolute atomic E-state index is 0.0480. The molecular formula is C15H10F2N2O4. The summed E-state index contributed by atoms with van der Waals surface area (Å²) < 4.78 is 33.1. The van der Waals surface area contributed by atoms with Crippen LogP contribution in [0.4, 0.5) is 8.78 Å². The Morgan fingerprint density at radius 2 is 2.13 bits per heavy atom. The van der Waals surface area contributed by atoms with Gasteiger partial charge in [0, 0.05) is 5.56 Å². The second kappa shape index (κ2) is 5.31. The molecule has 118 valence electrons. The van der Waals surface area contributed by atoms with Crippen LogP contribution in [0.3, 0.4) is 0 Å². The number of furan rings is 1. The molecular weight excluding hydrogens is 310 g/mol. The summed E-state index contributed by atoms with van der Waals surface area (Å²) in [5, 5.41) is 8.99. The summed E-state index contributed by atoms with van der Waals surface area (Å²) in [5.74, 6) is -3.38. The lowest BCUT2D eigenvalue weighted by Gasteiger charge is -2.06. The van der Waals surface area contributed by atoms with Crippen LogP contribution in [-0.4, -0.2) is 20.6 Å². The highest BCUT2D eigenvalue weighted by molar-refractivity contribution is 6.02. The number of carbonyl (C=O) groups is 1. The van der Waals surface area contributed by atoms with Crippen LogP contribution >= 0.6 is 0 Å². The molecule has 0 radical (unpaired) electrons. The summed E-state index contributed by atoms with van der Waals surface area (Å²) in [5.41, 5.74) is -1.15. The van der Waals surface area contributed by atoms with Crippen LogP contribution in [0.15, 0.2) is 33.7 Å². The van der Waals surface area contributed by atoms with E-state index < -0.39 is 23.2 Å². The van der Waals surface area contributed by atoms with E-state index in [4.69, 9.17) is 4.42 Å². The topological polar surface area (TPSA) is 85.3 Å². The molecule has 0 fully saturated rings. The lowest BCUT2D eigenvalue weighted by molar-refractivity contribution is 0.0697.